The number of nitrogens with one attached hydrogen (secondary N) is 2. The van der Waals surface area contributed by atoms with Crippen molar-refractivity contribution in [1.82, 2.24) is 19.9 Å². The Morgan fingerprint density at radius 1 is 1.14 bits per heavy atom. The van der Waals surface area contributed by atoms with Crippen molar-refractivity contribution in [2.45, 2.75) is 19.1 Å². The predicted molar refractivity (Wildman–Crippen MR) is 125 cm³/mol. The number of ether oxygens (including phenoxy) is 2. The van der Waals surface area contributed by atoms with Crippen LogP contribution in [0.25, 0.3) is 16.6 Å². The van der Waals surface area contributed by atoms with Crippen molar-refractivity contribution in [2.75, 3.05) is 19.0 Å². The van der Waals surface area contributed by atoms with Crippen LogP contribution >= 0.6 is 0 Å². The van der Waals surface area contributed by atoms with Gasteiger partial charge in [-0.05, 0) is 35.7 Å². The number of rotatable bonds is 9. The van der Waals surface area contributed by atoms with Crippen LogP contribution in [-0.4, -0.2) is 52.1 Å². The fourth-order valence-electron chi connectivity index (χ4n) is 3.56. The summed E-state index contributed by atoms with van der Waals surface area (Å²) in [5, 5.41) is 19.3. The van der Waals surface area contributed by atoms with Gasteiger partial charge in [0, 0.05) is 24.0 Å². The molecule has 4 rings (SSSR count). The van der Waals surface area contributed by atoms with Crippen LogP contribution in [0.4, 0.5) is 19.4 Å². The van der Waals surface area contributed by atoms with Crippen molar-refractivity contribution in [3.05, 3.63) is 72.6 Å². The number of fused-ring (bicyclic) bond motifs is 1. The van der Waals surface area contributed by atoms with Crippen molar-refractivity contribution < 1.29 is 28.2 Å². The molecule has 3 aromatic heterocycles. The molecule has 0 aliphatic carbocycles. The van der Waals surface area contributed by atoms with Crippen LogP contribution in [0.1, 0.15) is 5.56 Å². The number of methoxy groups -OCH3 is 1. The summed E-state index contributed by atoms with van der Waals surface area (Å²) in [6, 6.07) is 15.1. The molecule has 9 nitrogen and oxygen atoms in total. The van der Waals surface area contributed by atoms with Crippen molar-refractivity contribution in [3.63, 3.8) is 0 Å². The van der Waals surface area contributed by atoms with Crippen molar-refractivity contribution in [2.24, 2.45) is 0 Å². The summed E-state index contributed by atoms with van der Waals surface area (Å²) in [5.41, 5.74) is 2.84. The van der Waals surface area contributed by atoms with Crippen LogP contribution < -0.4 is 20.1 Å². The van der Waals surface area contributed by atoms with E-state index in [9.17, 15) is 18.7 Å². The third-order valence-electron chi connectivity index (χ3n) is 5.15. The van der Waals surface area contributed by atoms with Crippen LogP contribution in [0.3, 0.4) is 0 Å². The maximum absolute atomic E-state index is 12.7. The molecular formula is C24H23F2N5O4. The summed E-state index contributed by atoms with van der Waals surface area (Å²) >= 11 is 0. The van der Waals surface area contributed by atoms with Crippen molar-refractivity contribution in [1.29, 1.82) is 0 Å². The first-order valence-electron chi connectivity index (χ1n) is 10.7. The predicted octanol–water partition coefficient (Wildman–Crippen LogP) is 3.73. The number of anilines is 1. The number of hydrogen-bond donors (Lipinski definition) is 3. The van der Waals surface area contributed by atoms with Crippen LogP contribution in [0.15, 0.2) is 67.0 Å². The third-order valence-corrected chi connectivity index (χ3v) is 5.15. The van der Waals surface area contributed by atoms with Crippen molar-refractivity contribution >= 4 is 17.4 Å². The molecule has 11 heteroatoms. The Hall–Kier alpha value is -4.25. The van der Waals surface area contributed by atoms with E-state index in [1.807, 2.05) is 30.3 Å². The molecule has 3 N–H and O–H groups in total. The molecule has 1 aromatic carbocycles. The Morgan fingerprint density at radius 2 is 1.94 bits per heavy atom. The fourth-order valence-corrected chi connectivity index (χ4v) is 3.56. The van der Waals surface area contributed by atoms with Crippen LogP contribution in [0.2, 0.25) is 0 Å². The molecule has 0 unspecified atom stereocenters. The summed E-state index contributed by atoms with van der Waals surface area (Å²) in [7, 11) is 1.31. The maximum atomic E-state index is 12.7. The van der Waals surface area contributed by atoms with Gasteiger partial charge in [0.1, 0.15) is 0 Å². The zero-order valence-corrected chi connectivity index (χ0v) is 18.7. The highest BCUT2D eigenvalue weighted by Crippen LogP contribution is 2.31. The number of aliphatic hydroxyl groups excluding tert-OH is 1. The molecule has 35 heavy (non-hydrogen) atoms. The molecule has 2 amide bonds. The molecule has 3 heterocycles. The number of amides is 2. The lowest BCUT2D eigenvalue weighted by atomic mass is 10.1. The van der Waals surface area contributed by atoms with Crippen LogP contribution in [0.5, 0.6) is 11.6 Å². The summed E-state index contributed by atoms with van der Waals surface area (Å²) < 4.78 is 36.5. The van der Waals surface area contributed by atoms with E-state index in [1.54, 1.807) is 28.9 Å². The van der Waals surface area contributed by atoms with Gasteiger partial charge in [0.2, 0.25) is 0 Å². The van der Waals surface area contributed by atoms with E-state index in [1.165, 1.54) is 19.4 Å². The van der Waals surface area contributed by atoms with E-state index in [0.717, 1.165) is 5.56 Å². The minimum absolute atomic E-state index is 0.0505. The average molecular weight is 483 g/mol. The van der Waals surface area contributed by atoms with Gasteiger partial charge in [-0.2, -0.15) is 8.78 Å². The highest BCUT2D eigenvalue weighted by molar-refractivity contribution is 5.89. The van der Waals surface area contributed by atoms with Gasteiger partial charge in [0.25, 0.3) is 5.88 Å². The molecule has 0 aliphatic heterocycles. The molecule has 0 spiro atoms. The van der Waals surface area contributed by atoms with E-state index in [2.05, 4.69) is 25.5 Å². The second-order valence-corrected chi connectivity index (χ2v) is 7.59. The highest BCUT2D eigenvalue weighted by atomic mass is 19.3. The number of urea groups is 1. The number of hydrogen-bond acceptors (Lipinski definition) is 6. The molecule has 0 saturated carbocycles. The summed E-state index contributed by atoms with van der Waals surface area (Å²) in [4.78, 5) is 16.5. The van der Waals surface area contributed by atoms with Gasteiger partial charge in [-0.1, -0.05) is 30.3 Å². The van der Waals surface area contributed by atoms with Gasteiger partial charge < -0.3 is 19.9 Å². The van der Waals surface area contributed by atoms with Gasteiger partial charge in [0.05, 0.1) is 25.3 Å². The molecular weight excluding hydrogens is 460 g/mol. The van der Waals surface area contributed by atoms with Gasteiger partial charge in [-0.3, -0.25) is 5.32 Å². The number of aromatic nitrogens is 3. The molecule has 0 saturated heterocycles. The second kappa shape index (κ2) is 10.8. The lowest BCUT2D eigenvalue weighted by molar-refractivity contribution is -0.0515. The molecule has 4 aromatic rings. The lowest BCUT2D eigenvalue weighted by Gasteiger charge is -2.16. The van der Waals surface area contributed by atoms with Gasteiger partial charge in [-0.25, -0.2) is 14.3 Å². The third kappa shape index (κ3) is 6.01. The number of benzene rings is 1. The minimum atomic E-state index is -3.02. The monoisotopic (exact) mass is 483 g/mol. The van der Waals surface area contributed by atoms with Gasteiger partial charge >= 0.3 is 12.6 Å². The SMILES string of the molecule is COc1ncc(-c2ccn3nc(NC(=O)N[C@H](CO)Cc4ccccc4)cc3c2)cc1OC(F)F. The lowest BCUT2D eigenvalue weighted by Crippen LogP contribution is -2.41. The normalized spacial score (nSPS) is 11.9. The van der Waals surface area contributed by atoms with E-state index >= 15 is 0 Å². The topological polar surface area (TPSA) is 110 Å². The van der Waals surface area contributed by atoms with E-state index in [-0.39, 0.29) is 18.2 Å². The number of carbonyl (C=O) groups excluding carboxylic acids is 1. The molecule has 0 radical (unpaired) electrons. The highest BCUT2D eigenvalue weighted by Gasteiger charge is 2.16. The zero-order valence-electron chi connectivity index (χ0n) is 18.7. The molecule has 1 atom stereocenters. The summed E-state index contributed by atoms with van der Waals surface area (Å²) in [5.74, 6) is 0.0670. The first kappa shape index (κ1) is 23.9. The molecule has 0 aliphatic rings. The standard InChI is InChI=1S/C24H23F2N5O4/c1-34-22-20(35-23(25)26)11-17(13-27-22)16-7-8-31-19(10-16)12-21(30-31)29-24(33)28-18(14-32)9-15-5-3-2-4-6-15/h2-8,10-13,18,23,32H,9,14H2,1H3,(H2,28,29,30,33)/t18-/m0/s1. The van der Waals surface area contributed by atoms with Crippen molar-refractivity contribution in [3.8, 4) is 22.8 Å². The number of aliphatic hydroxyl groups is 1. The minimum Gasteiger partial charge on any atom is -0.478 e. The van der Waals surface area contributed by atoms with Crippen LogP contribution in [0, 0.1) is 0 Å². The number of pyridine rings is 2. The number of halogens is 2. The zero-order chi connectivity index (χ0) is 24.8. The van der Waals surface area contributed by atoms with Gasteiger partial charge in [0.15, 0.2) is 11.6 Å². The first-order chi connectivity index (χ1) is 16.9. The Labute approximate surface area is 199 Å². The Morgan fingerprint density at radius 3 is 2.66 bits per heavy atom. The average Bonchev–Trinajstić information content (AvgIpc) is 3.25. The molecule has 182 valence electrons. The summed E-state index contributed by atoms with van der Waals surface area (Å²) in [6.45, 7) is -3.24. The quantitative estimate of drug-likeness (QED) is 0.335. The number of alkyl halides is 2. The fraction of sp³-hybridized carbons (Fsp3) is 0.208. The Kier molecular flexibility index (Phi) is 7.36. The van der Waals surface area contributed by atoms with Crippen LogP contribution in [-0.2, 0) is 6.42 Å². The molecule has 0 bridgehead atoms. The number of nitrogens with zero attached hydrogens (tertiary/aromatic N) is 3. The molecule has 0 fully saturated rings. The first-order valence-corrected chi connectivity index (χ1v) is 10.7. The largest absolute Gasteiger partial charge is 0.478 e. The summed E-state index contributed by atoms with van der Waals surface area (Å²) in [6.07, 6.45) is 3.62. The second-order valence-electron chi connectivity index (χ2n) is 7.59. The van der Waals surface area contributed by atoms with E-state index in [0.29, 0.717) is 28.9 Å². The van der Waals surface area contributed by atoms with Gasteiger partial charge in [-0.15, -0.1) is 5.10 Å². The van der Waals surface area contributed by atoms with E-state index < -0.39 is 18.7 Å². The Bertz CT molecular complexity index is 1300. The Balaban J connectivity index is 1.47. The number of carbonyl (C=O) groups is 1. The smallest absolute Gasteiger partial charge is 0.387 e. The van der Waals surface area contributed by atoms with E-state index in [4.69, 9.17) is 4.74 Å². The maximum Gasteiger partial charge on any atom is 0.387 e.